The zero-order valence-electron chi connectivity index (χ0n) is 6.73. The van der Waals surface area contributed by atoms with Crippen molar-refractivity contribution < 1.29 is 14.7 Å². The van der Waals surface area contributed by atoms with Gasteiger partial charge in [-0.25, -0.2) is 0 Å². The molecule has 0 unspecified atom stereocenters. The highest BCUT2D eigenvalue weighted by Gasteiger charge is 2.09. The average Bonchev–Trinajstić information content (AvgIpc) is 2.03. The Kier molecular flexibility index (Phi) is 3.08. The minimum atomic E-state index is -0.956. The van der Waals surface area contributed by atoms with Crippen LogP contribution in [0.2, 0.25) is 0 Å². The Labute approximate surface area is 80.8 Å². The molecule has 13 heavy (non-hydrogen) atoms. The maximum absolute atomic E-state index is 10.9. The maximum atomic E-state index is 10.9. The summed E-state index contributed by atoms with van der Waals surface area (Å²) in [7, 11) is 0. The molecule has 4 heteroatoms. The highest BCUT2D eigenvalue weighted by Crippen LogP contribution is 2.11. The summed E-state index contributed by atoms with van der Waals surface area (Å²) in [6.07, 6.45) is -0.150. The summed E-state index contributed by atoms with van der Waals surface area (Å²) >= 11 is 3.65. The number of carbonyl (C=O) groups excluding carboxylic acids is 1. The Morgan fingerprint density at radius 1 is 1.31 bits per heavy atom. The zero-order chi connectivity index (χ0) is 9.84. The fourth-order valence-electron chi connectivity index (χ4n) is 1.05. The number of hydrogen-bond acceptors (Lipinski definition) is 2. The molecular formula is C9H8O3S. The summed E-state index contributed by atoms with van der Waals surface area (Å²) in [6, 6.07) is 6.54. The SMILES string of the molecule is O=C(O)Cc1ccccc1C(=O)S. The van der Waals surface area contributed by atoms with E-state index in [1.54, 1.807) is 24.3 Å². The van der Waals surface area contributed by atoms with E-state index < -0.39 is 11.1 Å². The Morgan fingerprint density at radius 3 is 2.46 bits per heavy atom. The van der Waals surface area contributed by atoms with Gasteiger partial charge in [0.1, 0.15) is 0 Å². The number of rotatable bonds is 3. The average molecular weight is 196 g/mol. The third-order valence-electron chi connectivity index (χ3n) is 1.59. The second-order valence-electron chi connectivity index (χ2n) is 2.53. The normalized spacial score (nSPS) is 9.62. The predicted octanol–water partition coefficient (Wildman–Crippen LogP) is 1.38. The quantitative estimate of drug-likeness (QED) is 0.718. The molecule has 0 aromatic heterocycles. The minimum absolute atomic E-state index is 0.150. The standard InChI is InChI=1S/C9H8O3S/c10-8(11)5-6-3-1-2-4-7(6)9(12)13/h1-4H,5H2,(H,10,11)(H,12,13). The van der Waals surface area contributed by atoms with Crippen molar-refractivity contribution in [3.63, 3.8) is 0 Å². The molecule has 0 heterocycles. The largest absolute Gasteiger partial charge is 0.481 e. The fraction of sp³-hybridized carbons (Fsp3) is 0.111. The minimum Gasteiger partial charge on any atom is -0.481 e. The Morgan fingerprint density at radius 2 is 1.92 bits per heavy atom. The van der Waals surface area contributed by atoms with Crippen molar-refractivity contribution in [3.05, 3.63) is 35.4 Å². The number of carboxylic acids is 1. The van der Waals surface area contributed by atoms with Gasteiger partial charge in [0.05, 0.1) is 6.42 Å². The molecule has 0 aliphatic heterocycles. The number of thiol groups is 1. The molecule has 0 atom stereocenters. The van der Waals surface area contributed by atoms with E-state index in [0.717, 1.165) is 0 Å². The molecule has 0 radical (unpaired) electrons. The molecule has 0 aliphatic rings. The molecule has 0 saturated carbocycles. The van der Waals surface area contributed by atoms with Crippen LogP contribution in [0.4, 0.5) is 0 Å². The maximum Gasteiger partial charge on any atom is 0.307 e. The molecule has 1 rings (SSSR count). The molecule has 1 aromatic carbocycles. The molecule has 68 valence electrons. The van der Waals surface area contributed by atoms with Crippen molar-refractivity contribution in [3.8, 4) is 0 Å². The van der Waals surface area contributed by atoms with Crippen molar-refractivity contribution in [2.75, 3.05) is 0 Å². The summed E-state index contributed by atoms with van der Waals surface area (Å²) in [6.45, 7) is 0. The molecule has 0 spiro atoms. The highest BCUT2D eigenvalue weighted by atomic mass is 32.1. The van der Waals surface area contributed by atoms with Gasteiger partial charge in [-0.05, 0) is 5.56 Å². The van der Waals surface area contributed by atoms with Crippen molar-refractivity contribution >= 4 is 23.7 Å². The number of aliphatic carboxylic acids is 1. The third-order valence-corrected chi connectivity index (χ3v) is 1.83. The second kappa shape index (κ2) is 4.09. The fourth-order valence-corrected chi connectivity index (χ4v) is 1.26. The predicted molar refractivity (Wildman–Crippen MR) is 51.1 cm³/mol. The van der Waals surface area contributed by atoms with Crippen LogP contribution in [0.1, 0.15) is 15.9 Å². The summed E-state index contributed by atoms with van der Waals surface area (Å²) < 4.78 is 0. The van der Waals surface area contributed by atoms with E-state index in [2.05, 4.69) is 12.6 Å². The van der Waals surface area contributed by atoms with E-state index in [1.807, 2.05) is 0 Å². The second-order valence-corrected chi connectivity index (χ2v) is 2.94. The molecule has 1 aromatic rings. The van der Waals surface area contributed by atoms with Gasteiger partial charge in [0.15, 0.2) is 0 Å². The summed E-state index contributed by atoms with van der Waals surface area (Å²) in [5.74, 6) is -0.956. The molecule has 0 aliphatic carbocycles. The van der Waals surface area contributed by atoms with Crippen LogP contribution in [-0.2, 0) is 11.2 Å². The molecule has 0 amide bonds. The lowest BCUT2D eigenvalue weighted by Gasteiger charge is -2.01. The van der Waals surface area contributed by atoms with E-state index in [9.17, 15) is 9.59 Å². The van der Waals surface area contributed by atoms with Gasteiger partial charge in [0.2, 0.25) is 5.12 Å². The lowest BCUT2D eigenvalue weighted by atomic mass is 10.1. The number of hydrogen-bond donors (Lipinski definition) is 2. The molecule has 0 bridgehead atoms. The number of benzene rings is 1. The van der Waals surface area contributed by atoms with Crippen LogP contribution in [-0.4, -0.2) is 16.2 Å². The van der Waals surface area contributed by atoms with Crippen molar-refractivity contribution in [1.82, 2.24) is 0 Å². The summed E-state index contributed by atoms with van der Waals surface area (Å²) in [5.41, 5.74) is 0.850. The van der Waals surface area contributed by atoms with Crippen LogP contribution in [0.3, 0.4) is 0 Å². The monoisotopic (exact) mass is 196 g/mol. The van der Waals surface area contributed by atoms with Crippen LogP contribution >= 0.6 is 12.6 Å². The van der Waals surface area contributed by atoms with Crippen LogP contribution in [0.15, 0.2) is 24.3 Å². The number of carbonyl (C=O) groups is 2. The topological polar surface area (TPSA) is 54.4 Å². The Hall–Kier alpha value is -1.29. The first-order chi connectivity index (χ1) is 6.11. The van der Waals surface area contributed by atoms with Gasteiger partial charge in [-0.1, -0.05) is 24.3 Å². The third kappa shape index (κ3) is 2.59. The lowest BCUT2D eigenvalue weighted by Crippen LogP contribution is -2.04. The van der Waals surface area contributed by atoms with Crippen LogP contribution in [0.25, 0.3) is 0 Å². The lowest BCUT2D eigenvalue weighted by molar-refractivity contribution is -0.136. The van der Waals surface area contributed by atoms with Gasteiger partial charge in [-0.15, -0.1) is 12.6 Å². The van der Waals surface area contributed by atoms with Gasteiger partial charge in [-0.3, -0.25) is 9.59 Å². The van der Waals surface area contributed by atoms with E-state index in [0.29, 0.717) is 11.1 Å². The number of carboxylic acid groups (broad SMARTS) is 1. The smallest absolute Gasteiger partial charge is 0.307 e. The molecule has 1 N–H and O–H groups in total. The van der Waals surface area contributed by atoms with E-state index >= 15 is 0 Å². The van der Waals surface area contributed by atoms with Crippen LogP contribution in [0.5, 0.6) is 0 Å². The zero-order valence-corrected chi connectivity index (χ0v) is 7.62. The molecular weight excluding hydrogens is 188 g/mol. The van der Waals surface area contributed by atoms with E-state index in [4.69, 9.17) is 5.11 Å². The first-order valence-corrected chi connectivity index (χ1v) is 4.09. The van der Waals surface area contributed by atoms with Gasteiger partial charge < -0.3 is 5.11 Å². The van der Waals surface area contributed by atoms with Crippen molar-refractivity contribution in [2.45, 2.75) is 6.42 Å². The Bertz CT molecular complexity index is 346. The molecule has 0 fully saturated rings. The first-order valence-electron chi connectivity index (χ1n) is 3.64. The molecule has 0 saturated heterocycles. The Balaban J connectivity index is 3.04. The first kappa shape index (κ1) is 9.80. The van der Waals surface area contributed by atoms with Crippen molar-refractivity contribution in [2.24, 2.45) is 0 Å². The van der Waals surface area contributed by atoms with E-state index in [-0.39, 0.29) is 6.42 Å². The van der Waals surface area contributed by atoms with Gasteiger partial charge >= 0.3 is 5.97 Å². The summed E-state index contributed by atoms with van der Waals surface area (Å²) in [5, 5.41) is 8.13. The van der Waals surface area contributed by atoms with Crippen LogP contribution in [0, 0.1) is 0 Å². The molecule has 3 nitrogen and oxygen atoms in total. The van der Waals surface area contributed by atoms with Crippen molar-refractivity contribution in [1.29, 1.82) is 0 Å². The van der Waals surface area contributed by atoms with Gasteiger partial charge in [0, 0.05) is 5.56 Å². The van der Waals surface area contributed by atoms with Crippen LogP contribution < -0.4 is 0 Å². The summed E-state index contributed by atoms with van der Waals surface area (Å²) in [4.78, 5) is 21.3. The van der Waals surface area contributed by atoms with Gasteiger partial charge in [-0.2, -0.15) is 0 Å². The van der Waals surface area contributed by atoms with Gasteiger partial charge in [0.25, 0.3) is 0 Å². The van der Waals surface area contributed by atoms with E-state index in [1.165, 1.54) is 0 Å². The highest BCUT2D eigenvalue weighted by molar-refractivity contribution is 7.97.